The second-order valence-corrected chi connectivity index (χ2v) is 22.1. The minimum absolute atomic E-state index is 1.11. The number of para-hydroxylation sites is 4. The molecule has 0 saturated heterocycles. The number of hydrogen-bond donors (Lipinski definition) is 0. The van der Waals surface area contributed by atoms with E-state index < -0.39 is 8.07 Å². The molecule has 0 bridgehead atoms. The molecule has 0 fully saturated rings. The highest BCUT2D eigenvalue weighted by molar-refractivity contribution is 7.20. The van der Waals surface area contributed by atoms with Gasteiger partial charge < -0.3 is 13.7 Å². The summed E-state index contributed by atoms with van der Waals surface area (Å²) in [7, 11) is -3.04. The summed E-state index contributed by atoms with van der Waals surface area (Å²) < 4.78 is 7.62. The van der Waals surface area contributed by atoms with Crippen molar-refractivity contribution in [2.24, 2.45) is 0 Å². The van der Waals surface area contributed by atoms with Crippen LogP contribution in [0.1, 0.15) is 0 Å². The summed E-state index contributed by atoms with van der Waals surface area (Å²) in [5.74, 6) is 0. The molecule has 0 unspecified atom stereocenters. The highest BCUT2D eigenvalue weighted by Gasteiger charge is 2.43. The fourth-order valence-corrected chi connectivity index (χ4v) is 16.9. The Balaban J connectivity index is 1.16. The summed E-state index contributed by atoms with van der Waals surface area (Å²) in [4.78, 5) is 0. The van der Waals surface area contributed by atoms with E-state index in [9.17, 15) is 0 Å². The van der Waals surface area contributed by atoms with Gasteiger partial charge in [0, 0.05) is 38.0 Å². The van der Waals surface area contributed by atoms with Gasteiger partial charge in [0.1, 0.15) is 0 Å². The molecule has 0 radical (unpaired) electrons. The van der Waals surface area contributed by atoms with Crippen LogP contribution in [-0.2, 0) is 0 Å². The van der Waals surface area contributed by atoms with Crippen LogP contribution in [-0.4, -0.2) is 21.8 Å². The molecule has 0 atom stereocenters. The van der Waals surface area contributed by atoms with Crippen molar-refractivity contribution in [2.75, 3.05) is 0 Å². The summed E-state index contributed by atoms with van der Waals surface area (Å²) in [6.07, 6.45) is 0. The van der Waals surface area contributed by atoms with E-state index in [1.54, 1.807) is 0 Å². The number of aromatic nitrogens is 3. The maximum Gasteiger partial charge on any atom is 0.181 e. The van der Waals surface area contributed by atoms with Crippen molar-refractivity contribution in [1.29, 1.82) is 0 Å². The molecule has 0 N–H and O–H groups in total. The van der Waals surface area contributed by atoms with Crippen molar-refractivity contribution in [1.82, 2.24) is 13.7 Å². The van der Waals surface area contributed by atoms with Gasteiger partial charge in [-0.15, -0.1) is 0 Å². The molecule has 4 heteroatoms. The van der Waals surface area contributed by atoms with Gasteiger partial charge in [0.15, 0.2) is 8.07 Å². The van der Waals surface area contributed by atoms with Crippen LogP contribution in [0, 0.1) is 0 Å². The third-order valence-electron chi connectivity index (χ3n) is 14.8. The molecule has 70 heavy (non-hydrogen) atoms. The minimum Gasteiger partial charge on any atom is -0.309 e. The zero-order chi connectivity index (χ0) is 46.2. The standard InChI is InChI=1S/C66H45N3Si/c1-5-22-46(23-6-1)47-42-44-48(45-43-47)67-59-37-20-39-61(68-56-34-16-13-30-52(56)53-31-14-17-35-57(53)68)64(59)65-60(67)38-21-40-62(65)69-58-36-18-15-32-54(58)55-33-19-41-63(66(55)69)70(49-24-7-2-8-25-49,50-26-9-3-10-27-50)51-28-11-4-12-29-51/h1-45H. The first-order chi connectivity index (χ1) is 34.8. The fourth-order valence-electron chi connectivity index (χ4n) is 11.9. The minimum atomic E-state index is -3.04. The predicted octanol–water partition coefficient (Wildman–Crippen LogP) is 14.0. The van der Waals surface area contributed by atoms with Gasteiger partial charge >= 0.3 is 0 Å². The molecule has 0 spiro atoms. The quantitative estimate of drug-likeness (QED) is 0.107. The van der Waals surface area contributed by atoms with Crippen molar-refractivity contribution < 1.29 is 0 Å². The number of hydrogen-bond acceptors (Lipinski definition) is 0. The Kier molecular flexibility index (Phi) is 9.23. The lowest BCUT2D eigenvalue weighted by Crippen LogP contribution is -2.75. The topological polar surface area (TPSA) is 14.8 Å². The van der Waals surface area contributed by atoms with Crippen LogP contribution in [0.3, 0.4) is 0 Å². The SMILES string of the molecule is c1ccc(-c2ccc(-n3c4cccc(-n5c6ccccc6c6ccccc65)c4c4c(-n5c6ccccc6c6cccc([Si](c7ccccc7)(c7ccccc7)c7ccccc7)c65)cccc43)cc2)cc1. The molecule has 0 amide bonds. The van der Waals surface area contributed by atoms with Crippen molar-refractivity contribution in [3.8, 4) is 28.2 Å². The van der Waals surface area contributed by atoms with Crippen molar-refractivity contribution in [3.63, 3.8) is 0 Å². The number of benzene rings is 11. The zero-order valence-corrected chi connectivity index (χ0v) is 39.3. The number of nitrogens with zero attached hydrogens (tertiary/aromatic N) is 3. The van der Waals surface area contributed by atoms with Crippen molar-refractivity contribution >= 4 is 94.2 Å². The lowest BCUT2D eigenvalue weighted by molar-refractivity contribution is 1.17. The second-order valence-electron chi connectivity index (χ2n) is 18.4. The summed E-state index contributed by atoms with van der Waals surface area (Å²) >= 11 is 0. The second kappa shape index (κ2) is 16.1. The fraction of sp³-hybridized carbons (Fsp3) is 0. The maximum absolute atomic E-state index is 3.04. The van der Waals surface area contributed by atoms with Gasteiger partial charge in [0.2, 0.25) is 0 Å². The van der Waals surface area contributed by atoms with E-state index in [1.165, 1.54) is 86.3 Å². The smallest absolute Gasteiger partial charge is 0.181 e. The molecule has 0 aliphatic carbocycles. The van der Waals surface area contributed by atoms with E-state index in [1.807, 2.05) is 0 Å². The van der Waals surface area contributed by atoms with Gasteiger partial charge in [-0.3, -0.25) is 0 Å². The van der Waals surface area contributed by atoms with Crippen LogP contribution in [0.2, 0.25) is 0 Å². The van der Waals surface area contributed by atoms with Crippen molar-refractivity contribution in [3.05, 3.63) is 273 Å². The Morgan fingerprint density at radius 2 is 0.614 bits per heavy atom. The molecule has 0 saturated carbocycles. The highest BCUT2D eigenvalue weighted by atomic mass is 28.3. The monoisotopic (exact) mass is 907 g/mol. The van der Waals surface area contributed by atoms with Gasteiger partial charge in [-0.25, -0.2) is 0 Å². The van der Waals surface area contributed by atoms with Crippen LogP contribution < -0.4 is 20.7 Å². The Hall–Kier alpha value is -8.96. The Morgan fingerprint density at radius 3 is 1.13 bits per heavy atom. The van der Waals surface area contributed by atoms with Crippen LogP contribution in [0.15, 0.2) is 273 Å². The third kappa shape index (κ3) is 5.87. The van der Waals surface area contributed by atoms with Gasteiger partial charge in [0.25, 0.3) is 0 Å². The summed E-state index contributed by atoms with van der Waals surface area (Å²) in [6.45, 7) is 0. The Morgan fingerprint density at radius 1 is 0.243 bits per heavy atom. The van der Waals surface area contributed by atoms with E-state index in [-0.39, 0.29) is 0 Å². The van der Waals surface area contributed by atoms with E-state index in [0.717, 1.165) is 28.1 Å². The molecule has 328 valence electrons. The van der Waals surface area contributed by atoms with Gasteiger partial charge in [-0.1, -0.05) is 218 Å². The van der Waals surface area contributed by atoms with Crippen LogP contribution >= 0.6 is 0 Å². The molecule has 3 nitrogen and oxygen atoms in total. The average molecular weight is 908 g/mol. The third-order valence-corrected chi connectivity index (χ3v) is 19.6. The normalized spacial score (nSPS) is 12.0. The lowest BCUT2D eigenvalue weighted by atomic mass is 10.1. The van der Waals surface area contributed by atoms with Crippen LogP contribution in [0.4, 0.5) is 0 Å². The predicted molar refractivity (Wildman–Crippen MR) is 299 cm³/mol. The van der Waals surface area contributed by atoms with Crippen molar-refractivity contribution in [2.45, 2.75) is 0 Å². The largest absolute Gasteiger partial charge is 0.309 e. The highest BCUT2D eigenvalue weighted by Crippen LogP contribution is 2.44. The summed E-state index contributed by atoms with van der Waals surface area (Å²) in [5.41, 5.74) is 12.9. The van der Waals surface area contributed by atoms with E-state index in [4.69, 9.17) is 0 Å². The van der Waals surface area contributed by atoms with Gasteiger partial charge in [0.05, 0.1) is 44.5 Å². The van der Waals surface area contributed by atoms with E-state index in [0.29, 0.717) is 0 Å². The lowest BCUT2D eigenvalue weighted by Gasteiger charge is -2.35. The molecular weight excluding hydrogens is 863 g/mol. The first-order valence-corrected chi connectivity index (χ1v) is 26.2. The molecule has 14 rings (SSSR count). The van der Waals surface area contributed by atoms with E-state index >= 15 is 0 Å². The average Bonchev–Trinajstić information content (AvgIpc) is 4.09. The molecular formula is C66H45N3Si. The Bertz CT molecular complexity index is 4110. The van der Waals surface area contributed by atoms with Crippen LogP contribution in [0.25, 0.3) is 93.6 Å². The number of fused-ring (bicyclic) bond motifs is 9. The van der Waals surface area contributed by atoms with Gasteiger partial charge in [-0.2, -0.15) is 0 Å². The summed E-state index contributed by atoms with van der Waals surface area (Å²) in [5, 5.41) is 12.8. The van der Waals surface area contributed by atoms with Crippen LogP contribution in [0.5, 0.6) is 0 Å². The molecule has 0 aliphatic rings. The number of rotatable bonds is 8. The molecule has 3 aromatic heterocycles. The maximum atomic E-state index is 2.63. The zero-order valence-electron chi connectivity index (χ0n) is 38.3. The molecule has 3 heterocycles. The van der Waals surface area contributed by atoms with E-state index in [2.05, 4.69) is 287 Å². The first-order valence-electron chi connectivity index (χ1n) is 24.2. The molecule has 0 aliphatic heterocycles. The molecule has 11 aromatic carbocycles. The Labute approximate surface area is 407 Å². The summed E-state index contributed by atoms with van der Waals surface area (Å²) in [6, 6.07) is 101. The van der Waals surface area contributed by atoms with Gasteiger partial charge in [-0.05, 0) is 86.5 Å². The first kappa shape index (κ1) is 40.1. The molecule has 14 aromatic rings.